The Labute approximate surface area is 322 Å². The van der Waals surface area contributed by atoms with Crippen molar-refractivity contribution in [3.8, 4) is 45.6 Å². The van der Waals surface area contributed by atoms with Gasteiger partial charge >= 0.3 is 42.2 Å². The summed E-state index contributed by atoms with van der Waals surface area (Å²) >= 11 is 0. The van der Waals surface area contributed by atoms with Gasteiger partial charge in [-0.05, 0) is 70.1 Å². The van der Waals surface area contributed by atoms with Crippen LogP contribution >= 0.6 is 0 Å². The summed E-state index contributed by atoms with van der Waals surface area (Å²) < 4.78 is 0. The minimum absolute atomic E-state index is 0. The van der Waals surface area contributed by atoms with Crippen LogP contribution in [0.5, 0.6) is 0 Å². The Bertz CT molecular complexity index is 3570. The molecule has 266 valence electrons. The SMILES string of the molecule is O=c1[nH]c2cc3c(cc2[nH]1)-c1nc-3nc2[n-]c(nc3nc(nc4[n-]c(n1)c1cc5[nH]c(=O)[nH]c5cc41)-c1cc4[nH]c(=O)[nH]c4cc1-3)c1cc3[nH]c(=O)[nH]c3cc21.[Zn+2]. The molecule has 11 aromatic rings. The second-order valence-electron chi connectivity index (χ2n) is 13.6. The summed E-state index contributed by atoms with van der Waals surface area (Å²) in [4.78, 5) is 111. The molecule has 0 amide bonds. The van der Waals surface area contributed by atoms with Gasteiger partial charge < -0.3 is 69.8 Å². The first kappa shape index (κ1) is 31.3. The van der Waals surface area contributed by atoms with Crippen molar-refractivity contribution in [2.24, 2.45) is 0 Å². The van der Waals surface area contributed by atoms with E-state index >= 15 is 0 Å². The minimum Gasteiger partial charge on any atom is -0.357 e. The maximum atomic E-state index is 12.4. The third-order valence-corrected chi connectivity index (χ3v) is 10.2. The molecule has 2 aliphatic heterocycles. The quantitative estimate of drug-likeness (QED) is 0.103. The monoisotopic (exact) mass is 800 g/mol. The number of benzene rings is 4. The van der Waals surface area contributed by atoms with Crippen molar-refractivity contribution in [3.05, 3.63) is 90.5 Å². The van der Waals surface area contributed by atoms with Gasteiger partial charge in [-0.15, -0.1) is 0 Å². The molecule has 57 heavy (non-hydrogen) atoms. The molecule has 21 heteroatoms. The van der Waals surface area contributed by atoms with Gasteiger partial charge in [0.15, 0.2) is 0 Å². The number of imidazole rings is 4. The number of hydrogen-bond acceptors (Lipinski definition) is 10. The van der Waals surface area contributed by atoms with Crippen LogP contribution in [0.15, 0.2) is 67.7 Å². The van der Waals surface area contributed by atoms with Gasteiger partial charge in [-0.25, -0.2) is 29.1 Å². The maximum absolute atomic E-state index is 12.4. The van der Waals surface area contributed by atoms with Gasteiger partial charge in [0.2, 0.25) is 0 Å². The average Bonchev–Trinajstić information content (AvgIpc) is 4.03. The molecule has 0 aliphatic carbocycles. The second kappa shape index (κ2) is 10.6. The Kier molecular flexibility index (Phi) is 5.81. The Balaban J connectivity index is 0.00000356. The van der Waals surface area contributed by atoms with Crippen LogP contribution in [0.2, 0.25) is 0 Å². The topological polar surface area (TPSA) is 300 Å². The fraction of sp³-hybridized carbons (Fsp3) is 0. The fourth-order valence-corrected chi connectivity index (χ4v) is 7.78. The number of fused-ring (bicyclic) bond motifs is 24. The molecular weight excluding hydrogens is 786 g/mol. The molecule has 8 N–H and O–H groups in total. The number of aromatic nitrogens is 16. The van der Waals surface area contributed by atoms with Gasteiger partial charge in [0.25, 0.3) is 0 Å². The van der Waals surface area contributed by atoms with Crippen molar-refractivity contribution in [1.29, 1.82) is 0 Å². The normalized spacial score (nSPS) is 12.4. The summed E-state index contributed by atoms with van der Waals surface area (Å²) in [6, 6.07) is 14.1. The Morgan fingerprint density at radius 1 is 0.316 bits per heavy atom. The standard InChI is InChI=1S/C36H18N16O4.Zn/c53-33-37-17-1-9-10(2-18(17)38-33)26-45-25(9)49-27-11-3-19-20(40-34(54)39-19)4-12(11)29(46-27)51-31-15-7-23-24(44-36(56)43-23)8-16(15)32(48-31)52-30-14-6-22-21(41-35(55)42-22)5-13(14)28(47-30)50-26;/h1-8H,(H10,37,38,39,40,41,42,43,44,45,46,47,48,49,50,51,52,53,54,55,56);/q;+2/p-2. The zero-order chi connectivity index (χ0) is 37.1. The van der Waals surface area contributed by atoms with Crippen LogP contribution in [-0.2, 0) is 19.5 Å². The molecule has 7 aromatic heterocycles. The first-order valence-corrected chi connectivity index (χ1v) is 17.0. The predicted molar refractivity (Wildman–Crippen MR) is 204 cm³/mol. The van der Waals surface area contributed by atoms with Gasteiger partial charge in [-0.1, -0.05) is 0 Å². The zero-order valence-corrected chi connectivity index (χ0v) is 31.5. The largest absolute Gasteiger partial charge is 2.00 e. The molecule has 20 nitrogen and oxygen atoms in total. The Morgan fingerprint density at radius 3 is 0.754 bits per heavy atom. The van der Waals surface area contributed by atoms with Gasteiger partial charge in [-0.3, -0.25) is 0 Å². The molecule has 0 saturated heterocycles. The molecule has 0 spiro atoms. The van der Waals surface area contributed by atoms with Gasteiger partial charge in [-0.2, -0.15) is 0 Å². The first-order chi connectivity index (χ1) is 27.2. The molecule has 0 atom stereocenters. The van der Waals surface area contributed by atoms with E-state index in [1.165, 1.54) is 0 Å². The Morgan fingerprint density at radius 2 is 0.526 bits per heavy atom. The van der Waals surface area contributed by atoms with E-state index in [0.717, 1.165) is 0 Å². The summed E-state index contributed by atoms with van der Waals surface area (Å²) in [6.07, 6.45) is 0. The van der Waals surface area contributed by atoms with Crippen molar-refractivity contribution in [2.75, 3.05) is 0 Å². The number of rotatable bonds is 0. The molecule has 0 unspecified atom stereocenters. The van der Waals surface area contributed by atoms with Crippen LogP contribution in [0.4, 0.5) is 0 Å². The van der Waals surface area contributed by atoms with E-state index in [2.05, 4.69) is 39.9 Å². The summed E-state index contributed by atoms with van der Waals surface area (Å²) in [6.45, 7) is 0. The molecule has 9 heterocycles. The number of H-pyrrole nitrogens is 8. The first-order valence-electron chi connectivity index (χ1n) is 17.0. The van der Waals surface area contributed by atoms with E-state index in [-0.39, 0.29) is 88.1 Å². The molecule has 13 rings (SSSR count). The van der Waals surface area contributed by atoms with Crippen molar-refractivity contribution >= 4 is 88.3 Å². The smallest absolute Gasteiger partial charge is 0.357 e. The number of nitrogens with one attached hydrogen (secondary N) is 8. The van der Waals surface area contributed by atoms with Crippen molar-refractivity contribution in [1.82, 2.24) is 79.7 Å². The molecule has 4 aromatic carbocycles. The third-order valence-electron chi connectivity index (χ3n) is 10.2. The zero-order valence-electron chi connectivity index (χ0n) is 28.5. The van der Waals surface area contributed by atoms with Crippen molar-refractivity contribution in [3.63, 3.8) is 0 Å². The summed E-state index contributed by atoms with van der Waals surface area (Å²) in [7, 11) is 0. The van der Waals surface area contributed by atoms with E-state index in [0.29, 0.717) is 87.9 Å². The van der Waals surface area contributed by atoms with Gasteiger partial charge in [0.05, 0.1) is 67.4 Å². The van der Waals surface area contributed by atoms with E-state index in [1.54, 1.807) is 48.5 Å². The minimum atomic E-state index is -0.384. The summed E-state index contributed by atoms with van der Waals surface area (Å²) in [5, 5.41) is 2.27. The predicted octanol–water partition coefficient (Wildman–Crippen LogP) is 2.80. The van der Waals surface area contributed by atoms with E-state index in [4.69, 9.17) is 39.9 Å². The second-order valence-corrected chi connectivity index (χ2v) is 13.6. The van der Waals surface area contributed by atoms with Gasteiger partial charge in [0, 0.05) is 44.8 Å². The molecule has 0 saturated carbocycles. The number of aromatic amines is 8. The third kappa shape index (κ3) is 4.38. The van der Waals surface area contributed by atoms with Gasteiger partial charge in [0.1, 0.15) is 0 Å². The van der Waals surface area contributed by atoms with Crippen LogP contribution in [-0.4, -0.2) is 69.8 Å². The van der Waals surface area contributed by atoms with E-state index < -0.39 is 0 Å². The average molecular weight is 802 g/mol. The van der Waals surface area contributed by atoms with E-state index in [1.807, 2.05) is 0 Å². The molecule has 0 radical (unpaired) electrons. The number of nitrogens with zero attached hydrogens (tertiary/aromatic N) is 8. The molecular formula is C36H16N16O4Zn. The van der Waals surface area contributed by atoms with Crippen molar-refractivity contribution < 1.29 is 19.5 Å². The fourth-order valence-electron chi connectivity index (χ4n) is 7.78. The van der Waals surface area contributed by atoms with Crippen LogP contribution in [0.25, 0.3) is 134 Å². The number of hydrogen-bond donors (Lipinski definition) is 8. The maximum Gasteiger partial charge on any atom is 2.00 e. The molecule has 8 bridgehead atoms. The summed E-state index contributed by atoms with van der Waals surface area (Å²) in [5.41, 5.74) is 5.99. The molecule has 0 fully saturated rings. The Hall–Kier alpha value is -8.06. The van der Waals surface area contributed by atoms with Crippen LogP contribution < -0.4 is 32.7 Å². The van der Waals surface area contributed by atoms with Crippen LogP contribution in [0.1, 0.15) is 0 Å². The molecule has 2 aliphatic rings. The van der Waals surface area contributed by atoms with Crippen molar-refractivity contribution in [2.45, 2.75) is 0 Å². The van der Waals surface area contributed by atoms with Crippen LogP contribution in [0, 0.1) is 0 Å². The van der Waals surface area contributed by atoms with Crippen LogP contribution in [0.3, 0.4) is 0 Å². The summed E-state index contributed by atoms with van der Waals surface area (Å²) in [5.74, 6) is 0.998. The van der Waals surface area contributed by atoms with E-state index in [9.17, 15) is 19.2 Å².